The monoisotopic (exact) mass is 379 g/mol. The predicted molar refractivity (Wildman–Crippen MR) is 105 cm³/mol. The first-order valence-corrected chi connectivity index (χ1v) is 9.64. The molecule has 1 aliphatic carbocycles. The summed E-state index contributed by atoms with van der Waals surface area (Å²) in [5.74, 6) is 0.787. The SMILES string of the molecule is Cc1c[nH]c2ncnc(N3CCN(C(=O)Cc4ccc(F)cc4)C4(CC4)C3)c12. The Balaban J connectivity index is 1.36. The highest BCUT2D eigenvalue weighted by Gasteiger charge is 2.53. The van der Waals surface area contributed by atoms with Gasteiger partial charge in [-0.15, -0.1) is 0 Å². The van der Waals surface area contributed by atoms with Gasteiger partial charge in [-0.05, 0) is 43.0 Å². The van der Waals surface area contributed by atoms with Gasteiger partial charge in [-0.25, -0.2) is 14.4 Å². The quantitative estimate of drug-likeness (QED) is 0.760. The van der Waals surface area contributed by atoms with Gasteiger partial charge in [0.25, 0.3) is 0 Å². The van der Waals surface area contributed by atoms with E-state index in [1.165, 1.54) is 12.1 Å². The zero-order chi connectivity index (χ0) is 19.3. The third-order valence-corrected chi connectivity index (χ3v) is 5.99. The summed E-state index contributed by atoms with van der Waals surface area (Å²) >= 11 is 0. The molecule has 1 aliphatic heterocycles. The van der Waals surface area contributed by atoms with Crippen LogP contribution in [0.1, 0.15) is 24.0 Å². The van der Waals surface area contributed by atoms with E-state index in [9.17, 15) is 9.18 Å². The molecule has 1 aromatic carbocycles. The lowest BCUT2D eigenvalue weighted by atomic mass is 10.1. The molecule has 3 aromatic rings. The number of aryl methyl sites for hydroxylation is 1. The number of benzene rings is 1. The van der Waals surface area contributed by atoms with Gasteiger partial charge in [0, 0.05) is 25.8 Å². The molecule has 0 unspecified atom stereocenters. The van der Waals surface area contributed by atoms with Gasteiger partial charge < -0.3 is 14.8 Å². The zero-order valence-electron chi connectivity index (χ0n) is 15.8. The van der Waals surface area contributed by atoms with Gasteiger partial charge in [-0.3, -0.25) is 4.79 Å². The summed E-state index contributed by atoms with van der Waals surface area (Å²) in [6, 6.07) is 6.20. The Hall–Kier alpha value is -2.96. The number of carbonyl (C=O) groups excluding carboxylic acids is 1. The van der Waals surface area contributed by atoms with Crippen LogP contribution in [0.25, 0.3) is 11.0 Å². The van der Waals surface area contributed by atoms with E-state index in [0.29, 0.717) is 13.0 Å². The first kappa shape index (κ1) is 17.2. The second kappa shape index (κ2) is 6.29. The van der Waals surface area contributed by atoms with Crippen LogP contribution in [-0.4, -0.2) is 50.9 Å². The number of piperazine rings is 1. The maximum Gasteiger partial charge on any atom is 0.227 e. The predicted octanol–water partition coefficient (Wildman–Crippen LogP) is 2.83. The maximum atomic E-state index is 13.1. The van der Waals surface area contributed by atoms with Crippen LogP contribution in [0.3, 0.4) is 0 Å². The van der Waals surface area contributed by atoms with E-state index < -0.39 is 0 Å². The fraction of sp³-hybridized carbons (Fsp3) is 0.381. The lowest BCUT2D eigenvalue weighted by Crippen LogP contribution is -2.57. The average Bonchev–Trinajstić information content (AvgIpc) is 3.35. The minimum absolute atomic E-state index is 0.100. The molecular formula is C21H22FN5O. The number of nitrogens with one attached hydrogen (secondary N) is 1. The molecule has 2 fully saturated rings. The van der Waals surface area contributed by atoms with Crippen molar-refractivity contribution < 1.29 is 9.18 Å². The maximum absolute atomic E-state index is 13.1. The molecule has 1 amide bonds. The van der Waals surface area contributed by atoms with E-state index in [2.05, 4.69) is 26.8 Å². The lowest BCUT2D eigenvalue weighted by molar-refractivity contribution is -0.134. The molecule has 28 heavy (non-hydrogen) atoms. The smallest absolute Gasteiger partial charge is 0.227 e. The number of rotatable bonds is 3. The Morgan fingerprint density at radius 2 is 2.00 bits per heavy atom. The molecule has 7 heteroatoms. The van der Waals surface area contributed by atoms with Crippen molar-refractivity contribution in [1.29, 1.82) is 0 Å². The van der Waals surface area contributed by atoms with Gasteiger partial charge in [0.1, 0.15) is 23.6 Å². The summed E-state index contributed by atoms with van der Waals surface area (Å²) in [5.41, 5.74) is 2.73. The van der Waals surface area contributed by atoms with E-state index in [4.69, 9.17) is 0 Å². The van der Waals surface area contributed by atoms with Crippen LogP contribution >= 0.6 is 0 Å². The van der Waals surface area contributed by atoms with Crippen LogP contribution in [0.4, 0.5) is 10.2 Å². The average molecular weight is 379 g/mol. The highest BCUT2D eigenvalue weighted by atomic mass is 19.1. The minimum Gasteiger partial charge on any atom is -0.352 e. The number of carbonyl (C=O) groups is 1. The molecular weight excluding hydrogens is 357 g/mol. The summed E-state index contributed by atoms with van der Waals surface area (Å²) in [7, 11) is 0. The van der Waals surface area contributed by atoms with Crippen molar-refractivity contribution in [3.8, 4) is 0 Å². The summed E-state index contributed by atoms with van der Waals surface area (Å²) in [6.07, 6.45) is 5.89. The molecule has 6 nitrogen and oxygen atoms in total. The number of H-pyrrole nitrogens is 1. The topological polar surface area (TPSA) is 65.1 Å². The number of aromatic amines is 1. The normalized spacial score (nSPS) is 18.1. The van der Waals surface area contributed by atoms with Crippen molar-refractivity contribution in [2.24, 2.45) is 0 Å². The van der Waals surface area contributed by atoms with Crippen molar-refractivity contribution in [3.05, 3.63) is 53.7 Å². The van der Waals surface area contributed by atoms with Crippen LogP contribution in [0.2, 0.25) is 0 Å². The van der Waals surface area contributed by atoms with Crippen molar-refractivity contribution in [3.63, 3.8) is 0 Å². The van der Waals surface area contributed by atoms with Crippen LogP contribution in [0, 0.1) is 12.7 Å². The van der Waals surface area contributed by atoms with Gasteiger partial charge in [0.05, 0.1) is 17.3 Å². The van der Waals surface area contributed by atoms with Crippen LogP contribution < -0.4 is 4.90 Å². The van der Waals surface area contributed by atoms with Gasteiger partial charge in [-0.1, -0.05) is 12.1 Å². The molecule has 2 aromatic heterocycles. The fourth-order valence-electron chi connectivity index (χ4n) is 4.33. The molecule has 0 radical (unpaired) electrons. The molecule has 1 saturated heterocycles. The number of amides is 1. The van der Waals surface area contributed by atoms with Crippen molar-refractivity contribution in [1.82, 2.24) is 19.9 Å². The molecule has 144 valence electrons. The lowest BCUT2D eigenvalue weighted by Gasteiger charge is -2.43. The highest BCUT2D eigenvalue weighted by Crippen LogP contribution is 2.45. The van der Waals surface area contributed by atoms with E-state index >= 15 is 0 Å². The summed E-state index contributed by atoms with van der Waals surface area (Å²) in [6.45, 7) is 4.27. The third kappa shape index (κ3) is 2.82. The van der Waals surface area contributed by atoms with E-state index in [1.54, 1.807) is 18.5 Å². The van der Waals surface area contributed by atoms with E-state index in [-0.39, 0.29) is 17.3 Å². The third-order valence-electron chi connectivity index (χ3n) is 5.99. The van der Waals surface area contributed by atoms with Gasteiger partial charge in [-0.2, -0.15) is 0 Å². The van der Waals surface area contributed by atoms with Gasteiger partial charge >= 0.3 is 0 Å². The number of hydrogen-bond acceptors (Lipinski definition) is 4. The molecule has 1 saturated carbocycles. The Labute approximate surface area is 162 Å². The van der Waals surface area contributed by atoms with E-state index in [1.807, 2.05) is 11.1 Å². The molecule has 1 spiro atoms. The molecule has 5 rings (SSSR count). The Morgan fingerprint density at radius 3 is 2.75 bits per heavy atom. The second-order valence-corrected chi connectivity index (χ2v) is 7.89. The Morgan fingerprint density at radius 1 is 1.21 bits per heavy atom. The number of halogens is 1. The standard InChI is InChI=1S/C21H22FN5O/c1-14-11-23-19-18(14)20(25-13-24-19)26-8-9-27(21(12-26)6-7-21)17(28)10-15-2-4-16(22)5-3-15/h2-5,11,13H,6-10,12H2,1H3,(H,23,24,25). The summed E-state index contributed by atoms with van der Waals surface area (Å²) < 4.78 is 13.1. The summed E-state index contributed by atoms with van der Waals surface area (Å²) in [4.78, 5) is 29.4. The second-order valence-electron chi connectivity index (χ2n) is 7.89. The van der Waals surface area contributed by atoms with Crippen molar-refractivity contribution in [2.75, 3.05) is 24.5 Å². The molecule has 1 N–H and O–H groups in total. The van der Waals surface area contributed by atoms with Crippen LogP contribution in [0.5, 0.6) is 0 Å². The number of fused-ring (bicyclic) bond motifs is 1. The van der Waals surface area contributed by atoms with Crippen molar-refractivity contribution >= 4 is 22.8 Å². The minimum atomic E-state index is -0.278. The highest BCUT2D eigenvalue weighted by molar-refractivity contribution is 5.91. The Bertz CT molecular complexity index is 1040. The van der Waals surface area contributed by atoms with Crippen molar-refractivity contribution in [2.45, 2.75) is 31.7 Å². The van der Waals surface area contributed by atoms with Gasteiger partial charge in [0.15, 0.2) is 0 Å². The number of anilines is 1. The van der Waals surface area contributed by atoms with Crippen LogP contribution in [0.15, 0.2) is 36.8 Å². The molecule has 0 bridgehead atoms. The summed E-state index contributed by atoms with van der Waals surface area (Å²) in [5, 5.41) is 1.06. The number of nitrogens with zero attached hydrogens (tertiary/aromatic N) is 4. The first-order chi connectivity index (χ1) is 13.6. The molecule has 3 heterocycles. The largest absolute Gasteiger partial charge is 0.352 e. The van der Waals surface area contributed by atoms with Crippen LogP contribution in [-0.2, 0) is 11.2 Å². The molecule has 0 atom stereocenters. The number of hydrogen-bond donors (Lipinski definition) is 1. The zero-order valence-corrected chi connectivity index (χ0v) is 15.8. The number of aromatic nitrogens is 3. The van der Waals surface area contributed by atoms with E-state index in [0.717, 1.165) is 53.9 Å². The molecule has 2 aliphatic rings. The Kier molecular flexibility index (Phi) is 3.86. The van der Waals surface area contributed by atoms with Gasteiger partial charge in [0.2, 0.25) is 5.91 Å². The first-order valence-electron chi connectivity index (χ1n) is 9.64. The fourth-order valence-corrected chi connectivity index (χ4v) is 4.33.